The van der Waals surface area contributed by atoms with E-state index in [0.29, 0.717) is 13.2 Å². The molecule has 1 amide bonds. The summed E-state index contributed by atoms with van der Waals surface area (Å²) >= 11 is 0. The number of hydrogen-bond acceptors (Lipinski definition) is 4. The van der Waals surface area contributed by atoms with Gasteiger partial charge in [-0.15, -0.1) is 0 Å². The number of carbonyl (C=O) groups is 2. The van der Waals surface area contributed by atoms with Crippen LogP contribution in [0.2, 0.25) is 0 Å². The topological polar surface area (TPSA) is 55.8 Å². The Morgan fingerprint density at radius 2 is 1.00 bits per heavy atom. The maximum absolute atomic E-state index is 12.6. The van der Waals surface area contributed by atoms with E-state index in [0.717, 1.165) is 25.7 Å². The SMILES string of the molecule is CCCCCCCCCCOC(=O)C(C(C)C)N(C)C(=O)OCCCCCCCCCC. The molecule has 0 aliphatic heterocycles. The van der Waals surface area contributed by atoms with Gasteiger partial charge in [-0.25, -0.2) is 9.59 Å². The zero-order valence-electron chi connectivity index (χ0n) is 22.0. The van der Waals surface area contributed by atoms with Gasteiger partial charge in [0.05, 0.1) is 13.2 Å². The second-order valence-electron chi connectivity index (χ2n) is 9.53. The Balaban J connectivity index is 4.02. The highest BCUT2D eigenvalue weighted by Gasteiger charge is 2.32. The fraction of sp³-hybridized carbons (Fsp3) is 0.926. The molecule has 0 heterocycles. The molecule has 0 aromatic carbocycles. The van der Waals surface area contributed by atoms with Gasteiger partial charge in [0.1, 0.15) is 6.04 Å². The van der Waals surface area contributed by atoms with Gasteiger partial charge in [-0.3, -0.25) is 4.90 Å². The normalized spacial score (nSPS) is 12.1. The van der Waals surface area contributed by atoms with Gasteiger partial charge >= 0.3 is 12.1 Å². The number of ether oxygens (including phenoxy) is 2. The van der Waals surface area contributed by atoms with E-state index in [9.17, 15) is 9.59 Å². The molecule has 0 rings (SSSR count). The molecule has 0 bridgehead atoms. The number of amides is 1. The molecular formula is C27H53NO4. The monoisotopic (exact) mass is 455 g/mol. The average Bonchev–Trinajstić information content (AvgIpc) is 2.76. The third-order valence-electron chi connectivity index (χ3n) is 6.04. The lowest BCUT2D eigenvalue weighted by atomic mass is 10.0. The predicted molar refractivity (Wildman–Crippen MR) is 134 cm³/mol. The second kappa shape index (κ2) is 21.6. The molecule has 0 aliphatic carbocycles. The highest BCUT2D eigenvalue weighted by atomic mass is 16.6. The largest absolute Gasteiger partial charge is 0.464 e. The second-order valence-corrected chi connectivity index (χ2v) is 9.53. The van der Waals surface area contributed by atoms with E-state index in [1.54, 1.807) is 7.05 Å². The number of esters is 1. The van der Waals surface area contributed by atoms with Gasteiger partial charge in [-0.05, 0) is 18.8 Å². The van der Waals surface area contributed by atoms with E-state index in [2.05, 4.69) is 13.8 Å². The lowest BCUT2D eigenvalue weighted by molar-refractivity contribution is -0.150. The Morgan fingerprint density at radius 3 is 1.41 bits per heavy atom. The van der Waals surface area contributed by atoms with E-state index >= 15 is 0 Å². The molecule has 190 valence electrons. The number of likely N-dealkylation sites (N-methyl/N-ethyl adjacent to an activating group) is 1. The van der Waals surface area contributed by atoms with Crippen LogP contribution in [-0.2, 0) is 14.3 Å². The van der Waals surface area contributed by atoms with Crippen molar-refractivity contribution >= 4 is 12.1 Å². The van der Waals surface area contributed by atoms with Crippen molar-refractivity contribution in [1.82, 2.24) is 4.90 Å². The van der Waals surface area contributed by atoms with Gasteiger partial charge in [0.2, 0.25) is 0 Å². The average molecular weight is 456 g/mol. The van der Waals surface area contributed by atoms with Crippen LogP contribution >= 0.6 is 0 Å². The number of carbonyl (C=O) groups excluding carboxylic acids is 2. The van der Waals surface area contributed by atoms with E-state index in [1.807, 2.05) is 13.8 Å². The third-order valence-corrected chi connectivity index (χ3v) is 6.04. The molecule has 0 spiro atoms. The number of unbranched alkanes of at least 4 members (excludes halogenated alkanes) is 14. The summed E-state index contributed by atoms with van der Waals surface area (Å²) in [4.78, 5) is 26.4. The van der Waals surface area contributed by atoms with Crippen molar-refractivity contribution in [3.8, 4) is 0 Å². The molecule has 0 saturated carbocycles. The Bertz CT molecular complexity index is 453. The minimum absolute atomic E-state index is 0.0262. The molecular weight excluding hydrogens is 402 g/mol. The minimum atomic E-state index is -0.602. The van der Waals surface area contributed by atoms with E-state index in [-0.39, 0.29) is 11.9 Å². The molecule has 1 unspecified atom stereocenters. The first kappa shape index (κ1) is 30.7. The van der Waals surface area contributed by atoms with Crippen molar-refractivity contribution in [3.63, 3.8) is 0 Å². The summed E-state index contributed by atoms with van der Waals surface area (Å²) in [6, 6.07) is -0.602. The first-order chi connectivity index (χ1) is 15.5. The van der Waals surface area contributed by atoms with Crippen LogP contribution in [0, 0.1) is 5.92 Å². The first-order valence-corrected chi connectivity index (χ1v) is 13.5. The van der Waals surface area contributed by atoms with Gasteiger partial charge in [0, 0.05) is 7.05 Å². The molecule has 5 nitrogen and oxygen atoms in total. The van der Waals surface area contributed by atoms with Gasteiger partial charge in [-0.1, -0.05) is 118 Å². The molecule has 0 N–H and O–H groups in total. The molecule has 0 aliphatic rings. The molecule has 1 atom stereocenters. The quantitative estimate of drug-likeness (QED) is 0.130. The van der Waals surface area contributed by atoms with Crippen molar-refractivity contribution in [1.29, 1.82) is 0 Å². The van der Waals surface area contributed by atoms with Crippen LogP contribution in [0.5, 0.6) is 0 Å². The molecule has 0 radical (unpaired) electrons. The standard InChI is InChI=1S/C27H53NO4/c1-6-8-10-12-14-16-18-20-22-31-26(29)25(24(3)4)28(5)27(30)32-23-21-19-17-15-13-11-9-7-2/h24-25H,6-23H2,1-5H3. The molecule has 0 aromatic heterocycles. The van der Waals surface area contributed by atoms with Crippen LogP contribution in [0.4, 0.5) is 4.79 Å². The molecule has 5 heteroatoms. The Hall–Kier alpha value is -1.26. The Labute approximate surface area is 199 Å². The summed E-state index contributed by atoms with van der Waals surface area (Å²) in [5.74, 6) is -0.351. The van der Waals surface area contributed by atoms with Crippen molar-refractivity contribution in [2.45, 2.75) is 136 Å². The number of hydrogen-bond donors (Lipinski definition) is 0. The van der Waals surface area contributed by atoms with Crippen LogP contribution < -0.4 is 0 Å². The molecule has 32 heavy (non-hydrogen) atoms. The van der Waals surface area contributed by atoms with E-state index < -0.39 is 12.1 Å². The van der Waals surface area contributed by atoms with Crippen molar-refractivity contribution in [2.24, 2.45) is 5.92 Å². The van der Waals surface area contributed by atoms with Crippen LogP contribution in [-0.4, -0.2) is 43.3 Å². The first-order valence-electron chi connectivity index (χ1n) is 13.5. The fourth-order valence-electron chi connectivity index (χ4n) is 3.98. The van der Waals surface area contributed by atoms with Crippen LogP contribution in [0.25, 0.3) is 0 Å². The number of nitrogens with zero attached hydrogens (tertiary/aromatic N) is 1. The summed E-state index contributed by atoms with van der Waals surface area (Å²) in [5.41, 5.74) is 0. The van der Waals surface area contributed by atoms with Gasteiger partial charge in [0.15, 0.2) is 0 Å². The summed E-state index contributed by atoms with van der Waals surface area (Å²) in [6.07, 6.45) is 18.8. The third kappa shape index (κ3) is 16.4. The maximum atomic E-state index is 12.6. The smallest absolute Gasteiger partial charge is 0.410 e. The van der Waals surface area contributed by atoms with Crippen molar-refractivity contribution in [3.05, 3.63) is 0 Å². The highest BCUT2D eigenvalue weighted by molar-refractivity contribution is 5.81. The number of rotatable bonds is 21. The van der Waals surface area contributed by atoms with E-state index in [4.69, 9.17) is 9.47 Å². The zero-order chi connectivity index (χ0) is 24.0. The van der Waals surface area contributed by atoms with Gasteiger partial charge < -0.3 is 9.47 Å². The molecule has 0 saturated heterocycles. The van der Waals surface area contributed by atoms with Crippen molar-refractivity contribution < 1.29 is 19.1 Å². The van der Waals surface area contributed by atoms with Gasteiger partial charge in [0.25, 0.3) is 0 Å². The zero-order valence-corrected chi connectivity index (χ0v) is 22.0. The Kier molecular flexibility index (Phi) is 20.7. The molecule has 0 aromatic rings. The van der Waals surface area contributed by atoms with Gasteiger partial charge in [-0.2, -0.15) is 0 Å². The maximum Gasteiger partial charge on any atom is 0.410 e. The van der Waals surface area contributed by atoms with Crippen LogP contribution in [0.1, 0.15) is 130 Å². The lowest BCUT2D eigenvalue weighted by Crippen LogP contribution is -2.46. The lowest BCUT2D eigenvalue weighted by Gasteiger charge is -2.28. The predicted octanol–water partition coefficient (Wildman–Crippen LogP) is 7.90. The van der Waals surface area contributed by atoms with Crippen LogP contribution in [0.15, 0.2) is 0 Å². The summed E-state index contributed by atoms with van der Waals surface area (Å²) in [6.45, 7) is 9.17. The molecule has 0 fully saturated rings. The fourth-order valence-corrected chi connectivity index (χ4v) is 3.98. The minimum Gasteiger partial charge on any atom is -0.464 e. The summed E-state index contributed by atoms with van der Waals surface area (Å²) in [5, 5.41) is 0. The Morgan fingerprint density at radius 1 is 0.625 bits per heavy atom. The highest BCUT2D eigenvalue weighted by Crippen LogP contribution is 2.14. The summed E-state index contributed by atoms with van der Waals surface area (Å²) in [7, 11) is 1.64. The van der Waals surface area contributed by atoms with E-state index in [1.165, 1.54) is 81.9 Å². The van der Waals surface area contributed by atoms with Crippen LogP contribution in [0.3, 0.4) is 0 Å². The summed E-state index contributed by atoms with van der Waals surface area (Å²) < 4.78 is 10.9. The van der Waals surface area contributed by atoms with Crippen molar-refractivity contribution in [2.75, 3.05) is 20.3 Å².